The normalized spacial score (nSPS) is 17.8. The Bertz CT molecular complexity index is 332. The van der Waals surface area contributed by atoms with Gasteiger partial charge in [0, 0.05) is 37.4 Å². The lowest BCUT2D eigenvalue weighted by atomic mass is 10.1. The minimum Gasteiger partial charge on any atom is -0.392 e. The van der Waals surface area contributed by atoms with Crippen LogP contribution in [0.5, 0.6) is 0 Å². The zero-order chi connectivity index (χ0) is 11.4. The van der Waals surface area contributed by atoms with Gasteiger partial charge < -0.3 is 14.9 Å². The van der Waals surface area contributed by atoms with E-state index < -0.39 is 0 Å². The quantitative estimate of drug-likeness (QED) is 0.832. The molecule has 1 aliphatic rings. The van der Waals surface area contributed by atoms with Crippen LogP contribution in [-0.2, 0) is 6.61 Å². The third-order valence-corrected chi connectivity index (χ3v) is 3.32. The van der Waals surface area contributed by atoms with Crippen molar-refractivity contribution in [3.05, 3.63) is 29.8 Å². The second-order valence-corrected chi connectivity index (χ2v) is 4.21. The molecule has 0 bridgehead atoms. The molecule has 0 saturated carbocycles. The predicted octanol–water partition coefficient (Wildman–Crippen LogP) is 1.32. The van der Waals surface area contributed by atoms with Crippen molar-refractivity contribution in [2.75, 3.05) is 37.6 Å². The Hall–Kier alpha value is -1.06. The number of nitrogens with zero attached hydrogens (tertiary/aromatic N) is 2. The van der Waals surface area contributed by atoms with Gasteiger partial charge in [0.1, 0.15) is 0 Å². The first-order chi connectivity index (χ1) is 7.85. The molecule has 3 heteroatoms. The van der Waals surface area contributed by atoms with Crippen LogP contribution in [0.1, 0.15) is 12.5 Å². The van der Waals surface area contributed by atoms with Gasteiger partial charge in [0.15, 0.2) is 0 Å². The molecule has 0 aliphatic carbocycles. The maximum absolute atomic E-state index is 9.31. The molecule has 1 saturated heterocycles. The summed E-state index contributed by atoms with van der Waals surface area (Å²) >= 11 is 0. The van der Waals surface area contributed by atoms with Gasteiger partial charge in [-0.15, -0.1) is 0 Å². The molecule has 1 aliphatic heterocycles. The second kappa shape index (κ2) is 5.32. The molecular formula is C13H20N2O. The lowest BCUT2D eigenvalue weighted by Gasteiger charge is -2.36. The molecule has 1 heterocycles. The molecule has 2 rings (SSSR count). The number of aliphatic hydroxyl groups excluding tert-OH is 1. The molecular weight excluding hydrogens is 200 g/mol. The highest BCUT2D eigenvalue weighted by Crippen LogP contribution is 2.21. The molecule has 1 aromatic rings. The average molecular weight is 220 g/mol. The number of likely N-dealkylation sites (N-methyl/N-ethyl adjacent to an activating group) is 1. The topological polar surface area (TPSA) is 26.7 Å². The fourth-order valence-electron chi connectivity index (χ4n) is 2.26. The van der Waals surface area contributed by atoms with Crippen LogP contribution in [0.15, 0.2) is 24.3 Å². The molecule has 3 nitrogen and oxygen atoms in total. The van der Waals surface area contributed by atoms with Crippen LogP contribution in [-0.4, -0.2) is 42.7 Å². The van der Waals surface area contributed by atoms with E-state index in [0.717, 1.165) is 38.3 Å². The summed E-state index contributed by atoms with van der Waals surface area (Å²) in [5.74, 6) is 0. The van der Waals surface area contributed by atoms with Crippen LogP contribution in [0.2, 0.25) is 0 Å². The summed E-state index contributed by atoms with van der Waals surface area (Å²) in [7, 11) is 0. The highest BCUT2D eigenvalue weighted by Gasteiger charge is 2.17. The molecule has 0 spiro atoms. The van der Waals surface area contributed by atoms with Crippen molar-refractivity contribution in [1.82, 2.24) is 4.90 Å². The van der Waals surface area contributed by atoms with Crippen molar-refractivity contribution in [1.29, 1.82) is 0 Å². The third-order valence-electron chi connectivity index (χ3n) is 3.32. The number of rotatable bonds is 3. The minimum absolute atomic E-state index is 0.129. The first-order valence-electron chi connectivity index (χ1n) is 6.01. The van der Waals surface area contributed by atoms with Crippen LogP contribution < -0.4 is 4.90 Å². The molecule has 0 unspecified atom stereocenters. The van der Waals surface area contributed by atoms with E-state index >= 15 is 0 Å². The molecule has 16 heavy (non-hydrogen) atoms. The van der Waals surface area contributed by atoms with Crippen molar-refractivity contribution in [3.8, 4) is 0 Å². The van der Waals surface area contributed by atoms with Crippen LogP contribution >= 0.6 is 0 Å². The van der Waals surface area contributed by atoms with Gasteiger partial charge in [0.25, 0.3) is 0 Å². The number of anilines is 1. The molecule has 0 atom stereocenters. The van der Waals surface area contributed by atoms with Crippen molar-refractivity contribution in [2.45, 2.75) is 13.5 Å². The monoisotopic (exact) mass is 220 g/mol. The third kappa shape index (κ3) is 2.36. The Labute approximate surface area is 97.3 Å². The van der Waals surface area contributed by atoms with E-state index in [1.54, 1.807) is 0 Å². The number of aliphatic hydroxyl groups is 1. The van der Waals surface area contributed by atoms with E-state index in [-0.39, 0.29) is 6.61 Å². The first-order valence-corrected chi connectivity index (χ1v) is 6.01. The van der Waals surface area contributed by atoms with Crippen molar-refractivity contribution in [2.24, 2.45) is 0 Å². The van der Waals surface area contributed by atoms with Gasteiger partial charge in [-0.05, 0) is 12.6 Å². The SMILES string of the molecule is CCN1CCN(c2ccccc2CO)CC1. The molecule has 88 valence electrons. The van der Waals surface area contributed by atoms with E-state index in [0.29, 0.717) is 0 Å². The van der Waals surface area contributed by atoms with Crippen molar-refractivity contribution < 1.29 is 5.11 Å². The van der Waals surface area contributed by atoms with E-state index in [1.807, 2.05) is 18.2 Å². The van der Waals surface area contributed by atoms with E-state index in [9.17, 15) is 5.11 Å². The van der Waals surface area contributed by atoms with Gasteiger partial charge in [-0.2, -0.15) is 0 Å². The zero-order valence-electron chi connectivity index (χ0n) is 9.89. The van der Waals surface area contributed by atoms with Gasteiger partial charge in [-0.3, -0.25) is 0 Å². The number of piperazine rings is 1. The molecule has 0 amide bonds. The molecule has 0 radical (unpaired) electrons. The largest absolute Gasteiger partial charge is 0.392 e. The smallest absolute Gasteiger partial charge is 0.0702 e. The van der Waals surface area contributed by atoms with Crippen LogP contribution in [0.4, 0.5) is 5.69 Å². The Balaban J connectivity index is 2.07. The summed E-state index contributed by atoms with van der Waals surface area (Å²) in [6, 6.07) is 8.13. The first kappa shape index (κ1) is 11.4. The summed E-state index contributed by atoms with van der Waals surface area (Å²) in [5, 5.41) is 9.31. The Morgan fingerprint density at radius 1 is 1.12 bits per heavy atom. The van der Waals surface area contributed by atoms with Crippen molar-refractivity contribution in [3.63, 3.8) is 0 Å². The van der Waals surface area contributed by atoms with Crippen LogP contribution in [0.25, 0.3) is 0 Å². The number of hydrogen-bond donors (Lipinski definition) is 1. The number of benzene rings is 1. The van der Waals surface area contributed by atoms with Crippen LogP contribution in [0, 0.1) is 0 Å². The zero-order valence-corrected chi connectivity index (χ0v) is 9.89. The van der Waals surface area contributed by atoms with E-state index in [4.69, 9.17) is 0 Å². The fraction of sp³-hybridized carbons (Fsp3) is 0.538. The maximum atomic E-state index is 9.31. The summed E-state index contributed by atoms with van der Waals surface area (Å²) in [6.07, 6.45) is 0. The van der Waals surface area contributed by atoms with Crippen LogP contribution in [0.3, 0.4) is 0 Å². The average Bonchev–Trinajstić information content (AvgIpc) is 2.39. The Morgan fingerprint density at radius 3 is 2.44 bits per heavy atom. The van der Waals surface area contributed by atoms with Gasteiger partial charge >= 0.3 is 0 Å². The lowest BCUT2D eigenvalue weighted by Crippen LogP contribution is -2.46. The van der Waals surface area contributed by atoms with Gasteiger partial charge in [0.2, 0.25) is 0 Å². The van der Waals surface area contributed by atoms with Gasteiger partial charge in [0.05, 0.1) is 6.61 Å². The molecule has 0 aromatic heterocycles. The lowest BCUT2D eigenvalue weighted by molar-refractivity contribution is 0.267. The highest BCUT2D eigenvalue weighted by atomic mass is 16.3. The minimum atomic E-state index is 0.129. The Morgan fingerprint density at radius 2 is 1.81 bits per heavy atom. The van der Waals surface area contributed by atoms with E-state index in [2.05, 4.69) is 22.8 Å². The number of hydrogen-bond acceptors (Lipinski definition) is 3. The Kier molecular flexibility index (Phi) is 3.80. The molecule has 1 N–H and O–H groups in total. The van der Waals surface area contributed by atoms with E-state index in [1.165, 1.54) is 5.69 Å². The number of para-hydroxylation sites is 1. The standard InChI is InChI=1S/C13H20N2O/c1-2-14-7-9-15(10-8-14)13-6-4-3-5-12(13)11-16/h3-6,16H,2,7-11H2,1H3. The summed E-state index contributed by atoms with van der Waals surface area (Å²) < 4.78 is 0. The van der Waals surface area contributed by atoms with Crippen molar-refractivity contribution >= 4 is 5.69 Å². The summed E-state index contributed by atoms with van der Waals surface area (Å²) in [4.78, 5) is 4.83. The molecule has 1 fully saturated rings. The highest BCUT2D eigenvalue weighted by molar-refractivity contribution is 5.53. The summed E-state index contributed by atoms with van der Waals surface area (Å²) in [6.45, 7) is 7.83. The second-order valence-electron chi connectivity index (χ2n) is 4.21. The predicted molar refractivity (Wildman–Crippen MR) is 66.7 cm³/mol. The fourth-order valence-corrected chi connectivity index (χ4v) is 2.26. The molecule has 1 aromatic carbocycles. The maximum Gasteiger partial charge on any atom is 0.0702 e. The van der Waals surface area contributed by atoms with Gasteiger partial charge in [-0.25, -0.2) is 0 Å². The summed E-state index contributed by atoms with van der Waals surface area (Å²) in [5.41, 5.74) is 2.23. The van der Waals surface area contributed by atoms with Gasteiger partial charge in [-0.1, -0.05) is 25.1 Å².